The SMILES string of the molecule is COc1ccccc1N1CCN(C(=O)c2nc(SC(C)C)ncc2Cl)CC1. The van der Waals surface area contributed by atoms with Crippen molar-refractivity contribution >= 4 is 35.0 Å². The van der Waals surface area contributed by atoms with Gasteiger partial charge in [0.1, 0.15) is 5.75 Å². The van der Waals surface area contributed by atoms with Crippen molar-refractivity contribution in [1.29, 1.82) is 0 Å². The van der Waals surface area contributed by atoms with E-state index in [1.807, 2.05) is 24.3 Å². The van der Waals surface area contributed by atoms with Crippen LogP contribution in [0.4, 0.5) is 5.69 Å². The predicted molar refractivity (Wildman–Crippen MR) is 109 cm³/mol. The van der Waals surface area contributed by atoms with Gasteiger partial charge in [-0.05, 0) is 12.1 Å². The summed E-state index contributed by atoms with van der Waals surface area (Å²) in [7, 11) is 1.67. The second-order valence-corrected chi connectivity index (χ2v) is 8.42. The van der Waals surface area contributed by atoms with E-state index in [2.05, 4.69) is 28.7 Å². The minimum Gasteiger partial charge on any atom is -0.495 e. The molecule has 1 aliphatic rings. The van der Waals surface area contributed by atoms with Crippen molar-refractivity contribution in [2.75, 3.05) is 38.2 Å². The van der Waals surface area contributed by atoms with Crippen molar-refractivity contribution in [2.45, 2.75) is 24.3 Å². The molecule has 27 heavy (non-hydrogen) atoms. The number of benzene rings is 1. The van der Waals surface area contributed by atoms with Crippen molar-refractivity contribution in [3.05, 3.63) is 41.2 Å². The van der Waals surface area contributed by atoms with Crippen LogP contribution in [0.1, 0.15) is 24.3 Å². The number of carbonyl (C=O) groups is 1. The van der Waals surface area contributed by atoms with Gasteiger partial charge in [0.2, 0.25) is 0 Å². The van der Waals surface area contributed by atoms with E-state index in [0.29, 0.717) is 28.5 Å². The van der Waals surface area contributed by atoms with Gasteiger partial charge < -0.3 is 14.5 Å². The first-order chi connectivity index (χ1) is 13.0. The third-order valence-corrected chi connectivity index (χ3v) is 5.41. The average molecular weight is 407 g/mol. The standard InChI is InChI=1S/C19H23ClN4O2S/c1-13(2)27-19-21-12-14(20)17(22-19)18(25)24-10-8-23(9-11-24)15-6-4-5-7-16(15)26-3/h4-7,12-13H,8-11H2,1-3H3. The van der Waals surface area contributed by atoms with Gasteiger partial charge >= 0.3 is 0 Å². The number of hydrogen-bond acceptors (Lipinski definition) is 6. The number of thioether (sulfide) groups is 1. The fourth-order valence-corrected chi connectivity index (χ4v) is 3.81. The van der Waals surface area contributed by atoms with E-state index < -0.39 is 0 Å². The maximum Gasteiger partial charge on any atom is 0.274 e. The van der Waals surface area contributed by atoms with Crippen molar-refractivity contribution in [1.82, 2.24) is 14.9 Å². The van der Waals surface area contributed by atoms with Crippen molar-refractivity contribution in [3.8, 4) is 5.75 Å². The summed E-state index contributed by atoms with van der Waals surface area (Å²) in [6.45, 7) is 6.76. The third kappa shape index (κ3) is 4.65. The van der Waals surface area contributed by atoms with Gasteiger partial charge in [0.25, 0.3) is 5.91 Å². The quantitative estimate of drug-likeness (QED) is 0.558. The average Bonchev–Trinajstić information content (AvgIpc) is 2.68. The summed E-state index contributed by atoms with van der Waals surface area (Å²) in [5, 5.41) is 1.20. The molecule has 1 aromatic heterocycles. The van der Waals surface area contributed by atoms with Gasteiger partial charge in [0.15, 0.2) is 10.9 Å². The van der Waals surface area contributed by atoms with Crippen molar-refractivity contribution < 1.29 is 9.53 Å². The molecule has 2 aromatic rings. The molecule has 8 heteroatoms. The highest BCUT2D eigenvalue weighted by atomic mass is 35.5. The van der Waals surface area contributed by atoms with E-state index in [1.165, 1.54) is 18.0 Å². The number of halogens is 1. The lowest BCUT2D eigenvalue weighted by Gasteiger charge is -2.36. The Labute approximate surface area is 168 Å². The van der Waals surface area contributed by atoms with Gasteiger partial charge in [0, 0.05) is 31.4 Å². The van der Waals surface area contributed by atoms with Crippen LogP contribution in [-0.2, 0) is 0 Å². The molecule has 1 fully saturated rings. The molecule has 0 spiro atoms. The lowest BCUT2D eigenvalue weighted by atomic mass is 10.2. The molecule has 0 aliphatic carbocycles. The minimum atomic E-state index is -0.146. The first-order valence-corrected chi connectivity index (χ1v) is 10.1. The summed E-state index contributed by atoms with van der Waals surface area (Å²) < 4.78 is 5.44. The molecule has 1 aromatic carbocycles. The largest absolute Gasteiger partial charge is 0.495 e. The normalized spacial score (nSPS) is 14.6. The fourth-order valence-electron chi connectivity index (χ4n) is 2.96. The lowest BCUT2D eigenvalue weighted by molar-refractivity contribution is 0.0740. The first kappa shape index (κ1) is 19.8. The summed E-state index contributed by atoms with van der Waals surface area (Å²) in [6.07, 6.45) is 1.51. The van der Waals surface area contributed by atoms with Crippen LogP contribution >= 0.6 is 23.4 Å². The van der Waals surface area contributed by atoms with Crippen LogP contribution in [0.15, 0.2) is 35.6 Å². The van der Waals surface area contributed by atoms with Crippen LogP contribution < -0.4 is 9.64 Å². The van der Waals surface area contributed by atoms with Gasteiger partial charge in [0.05, 0.1) is 24.0 Å². The van der Waals surface area contributed by atoms with Gasteiger partial charge in [-0.2, -0.15) is 0 Å². The van der Waals surface area contributed by atoms with Crippen LogP contribution in [-0.4, -0.2) is 59.3 Å². The Bertz CT molecular complexity index is 810. The Balaban J connectivity index is 1.70. The number of amides is 1. The lowest BCUT2D eigenvalue weighted by Crippen LogP contribution is -2.49. The van der Waals surface area contributed by atoms with Crippen LogP contribution in [0.25, 0.3) is 0 Å². The number of hydrogen-bond donors (Lipinski definition) is 0. The fraction of sp³-hybridized carbons (Fsp3) is 0.421. The summed E-state index contributed by atoms with van der Waals surface area (Å²) in [5.41, 5.74) is 1.32. The highest BCUT2D eigenvalue weighted by Crippen LogP contribution is 2.29. The molecular weight excluding hydrogens is 384 g/mol. The smallest absolute Gasteiger partial charge is 0.274 e. The summed E-state index contributed by atoms with van der Waals surface area (Å²) in [6, 6.07) is 7.92. The maximum atomic E-state index is 12.9. The molecular formula is C19H23ClN4O2S. The Morgan fingerprint density at radius 3 is 2.59 bits per heavy atom. The van der Waals surface area contributed by atoms with Crippen LogP contribution in [0, 0.1) is 0 Å². The van der Waals surface area contributed by atoms with E-state index in [4.69, 9.17) is 16.3 Å². The van der Waals surface area contributed by atoms with E-state index in [9.17, 15) is 4.79 Å². The van der Waals surface area contributed by atoms with Crippen molar-refractivity contribution in [3.63, 3.8) is 0 Å². The second-order valence-electron chi connectivity index (χ2n) is 6.47. The number of methoxy groups -OCH3 is 1. The summed E-state index contributed by atoms with van der Waals surface area (Å²) >= 11 is 7.72. The Morgan fingerprint density at radius 2 is 1.93 bits per heavy atom. The zero-order valence-electron chi connectivity index (χ0n) is 15.7. The molecule has 2 heterocycles. The minimum absolute atomic E-state index is 0.146. The zero-order valence-corrected chi connectivity index (χ0v) is 17.3. The molecule has 1 saturated heterocycles. The van der Waals surface area contributed by atoms with E-state index in [1.54, 1.807) is 12.0 Å². The number of rotatable bonds is 5. The third-order valence-electron chi connectivity index (χ3n) is 4.26. The summed E-state index contributed by atoms with van der Waals surface area (Å²) in [5.74, 6) is 0.694. The molecule has 1 aliphatic heterocycles. The number of ether oxygens (including phenoxy) is 1. The van der Waals surface area contributed by atoms with Gasteiger partial charge in [-0.1, -0.05) is 49.3 Å². The monoisotopic (exact) mass is 406 g/mol. The summed E-state index contributed by atoms with van der Waals surface area (Å²) in [4.78, 5) is 25.5. The zero-order chi connectivity index (χ0) is 19.4. The number of piperazine rings is 1. The highest BCUT2D eigenvalue weighted by molar-refractivity contribution is 7.99. The van der Waals surface area contributed by atoms with Crippen molar-refractivity contribution in [2.24, 2.45) is 0 Å². The Hall–Kier alpha value is -1.99. The molecule has 0 radical (unpaired) electrons. The predicted octanol–water partition coefficient (Wildman–Crippen LogP) is 3.60. The van der Waals surface area contributed by atoms with E-state index in [0.717, 1.165) is 24.5 Å². The molecule has 6 nitrogen and oxygen atoms in total. The Morgan fingerprint density at radius 1 is 1.22 bits per heavy atom. The van der Waals surface area contributed by atoms with E-state index in [-0.39, 0.29) is 11.6 Å². The number of anilines is 1. The number of nitrogens with zero attached hydrogens (tertiary/aromatic N) is 4. The first-order valence-electron chi connectivity index (χ1n) is 8.86. The number of carbonyl (C=O) groups excluding carboxylic acids is 1. The second kappa shape index (κ2) is 8.80. The number of para-hydroxylation sites is 2. The van der Waals surface area contributed by atoms with Gasteiger partial charge in [-0.15, -0.1) is 0 Å². The molecule has 144 valence electrons. The molecule has 0 N–H and O–H groups in total. The van der Waals surface area contributed by atoms with Crippen LogP contribution in [0.3, 0.4) is 0 Å². The molecule has 1 amide bonds. The Kier molecular flexibility index (Phi) is 6.44. The van der Waals surface area contributed by atoms with Gasteiger partial charge in [-0.25, -0.2) is 9.97 Å². The maximum absolute atomic E-state index is 12.9. The van der Waals surface area contributed by atoms with Crippen LogP contribution in [0.2, 0.25) is 5.02 Å². The topological polar surface area (TPSA) is 58.6 Å². The molecule has 0 saturated carbocycles. The molecule has 0 bridgehead atoms. The van der Waals surface area contributed by atoms with E-state index >= 15 is 0 Å². The van der Waals surface area contributed by atoms with Crippen LogP contribution in [0.5, 0.6) is 5.75 Å². The van der Waals surface area contributed by atoms with Gasteiger partial charge in [-0.3, -0.25) is 4.79 Å². The molecule has 0 atom stereocenters. The number of aromatic nitrogens is 2. The molecule has 0 unspecified atom stereocenters. The molecule has 3 rings (SSSR count). The highest BCUT2D eigenvalue weighted by Gasteiger charge is 2.26.